The van der Waals surface area contributed by atoms with Crippen LogP contribution in [0.2, 0.25) is 19.6 Å². The Morgan fingerprint density at radius 3 is 2.60 bits per heavy atom. The van der Waals surface area contributed by atoms with Gasteiger partial charge in [0.05, 0.1) is 5.56 Å². The van der Waals surface area contributed by atoms with Gasteiger partial charge in [-0.25, -0.2) is 4.99 Å². The van der Waals surface area contributed by atoms with E-state index in [9.17, 15) is 5.21 Å². The number of benzene rings is 1. The monoisotopic (exact) mass is 350 g/mol. The number of aliphatic imine (C=N–C) groups is 1. The van der Waals surface area contributed by atoms with Gasteiger partial charge in [-0.2, -0.15) is 4.73 Å². The van der Waals surface area contributed by atoms with Crippen molar-refractivity contribution in [2.45, 2.75) is 39.2 Å². The highest BCUT2D eigenvalue weighted by Gasteiger charge is 2.31. The van der Waals surface area contributed by atoms with Crippen LogP contribution in [0.1, 0.15) is 30.7 Å². The topological polar surface area (TPSA) is 48.5 Å². The summed E-state index contributed by atoms with van der Waals surface area (Å²) in [6, 6.07) is 11.2. The molecule has 0 saturated heterocycles. The maximum absolute atomic E-state index is 12.3. The predicted octanol–water partition coefficient (Wildman–Crippen LogP) is 3.51. The summed E-state index contributed by atoms with van der Waals surface area (Å²) in [6.07, 6.45) is 1.48. The zero-order valence-corrected chi connectivity index (χ0v) is 16.3. The van der Waals surface area contributed by atoms with Gasteiger partial charge in [-0.1, -0.05) is 25.6 Å². The number of hydrogen-bond acceptors (Lipinski definition) is 3. The molecule has 1 aromatic heterocycles. The Balaban J connectivity index is 2.15. The second-order valence-electron chi connectivity index (χ2n) is 7.63. The fraction of sp³-hybridized carbons (Fsp3) is 0.300. The second kappa shape index (κ2) is 6.05. The van der Waals surface area contributed by atoms with Crippen LogP contribution in [0, 0.1) is 16.7 Å². The summed E-state index contributed by atoms with van der Waals surface area (Å²) < 4.78 is 6.81. The molecule has 3 rings (SSSR count). The molecule has 4 nitrogen and oxygen atoms in total. The first-order valence-electron chi connectivity index (χ1n) is 8.30. The molecule has 0 spiro atoms. The molecule has 0 aliphatic carbocycles. The summed E-state index contributed by atoms with van der Waals surface area (Å²) in [6.45, 7) is 10.4. The number of hydrogen-bond donors (Lipinski definition) is 0. The Labute approximate surface area is 149 Å². The molecule has 1 aliphatic heterocycles. The molecule has 0 N–H and O–H groups in total. The molecule has 0 unspecified atom stereocenters. The third kappa shape index (κ3) is 3.91. The SMILES string of the molecule is CC1(C)N=C(c2cccc[n+]2[O-])c2cc(C#C[Si](C)(C)C)ccc2O1. The molecule has 1 aromatic carbocycles. The smallest absolute Gasteiger partial charge is 0.242 e. The normalized spacial score (nSPS) is 15.3. The maximum Gasteiger partial charge on any atom is 0.242 e. The molecule has 0 radical (unpaired) electrons. The van der Waals surface area contributed by atoms with Crippen molar-refractivity contribution in [1.29, 1.82) is 0 Å². The first-order valence-corrected chi connectivity index (χ1v) is 11.8. The zero-order valence-electron chi connectivity index (χ0n) is 15.3. The number of rotatable bonds is 1. The number of ether oxygens (including phenoxy) is 1. The Bertz CT molecular complexity index is 915. The Kier molecular flexibility index (Phi) is 4.17. The highest BCUT2D eigenvalue weighted by Crippen LogP contribution is 2.32. The van der Waals surface area contributed by atoms with Crippen LogP contribution in [0.4, 0.5) is 0 Å². The average Bonchev–Trinajstić information content (AvgIpc) is 2.51. The summed E-state index contributed by atoms with van der Waals surface area (Å²) in [4.78, 5) is 4.67. The molecule has 25 heavy (non-hydrogen) atoms. The van der Waals surface area contributed by atoms with Crippen LogP contribution in [-0.4, -0.2) is 19.5 Å². The molecule has 0 saturated carbocycles. The molecule has 5 heteroatoms. The van der Waals surface area contributed by atoms with E-state index in [1.54, 1.807) is 12.1 Å². The summed E-state index contributed by atoms with van der Waals surface area (Å²) in [5.41, 5.74) is 5.50. The third-order valence-electron chi connectivity index (χ3n) is 3.62. The second-order valence-corrected chi connectivity index (χ2v) is 12.4. The highest BCUT2D eigenvalue weighted by atomic mass is 28.3. The van der Waals surface area contributed by atoms with Gasteiger partial charge in [-0.15, -0.1) is 5.54 Å². The van der Waals surface area contributed by atoms with Crippen molar-refractivity contribution in [3.05, 3.63) is 64.6 Å². The molecule has 0 fully saturated rings. The van der Waals surface area contributed by atoms with Crippen molar-refractivity contribution >= 4 is 13.8 Å². The van der Waals surface area contributed by atoms with E-state index in [4.69, 9.17) is 4.74 Å². The van der Waals surface area contributed by atoms with Gasteiger partial charge in [0.15, 0.2) is 11.9 Å². The van der Waals surface area contributed by atoms with E-state index < -0.39 is 13.8 Å². The fourth-order valence-electron chi connectivity index (χ4n) is 2.57. The van der Waals surface area contributed by atoms with Gasteiger partial charge in [0.2, 0.25) is 5.69 Å². The van der Waals surface area contributed by atoms with Crippen LogP contribution >= 0.6 is 0 Å². The van der Waals surface area contributed by atoms with E-state index in [0.29, 0.717) is 11.4 Å². The third-order valence-corrected chi connectivity index (χ3v) is 4.50. The van der Waals surface area contributed by atoms with Crippen LogP contribution in [-0.2, 0) is 0 Å². The van der Waals surface area contributed by atoms with Crippen LogP contribution < -0.4 is 9.47 Å². The van der Waals surface area contributed by atoms with Crippen molar-refractivity contribution in [1.82, 2.24) is 0 Å². The lowest BCUT2D eigenvalue weighted by Crippen LogP contribution is -2.39. The van der Waals surface area contributed by atoms with Crippen LogP contribution in [0.25, 0.3) is 0 Å². The molecule has 2 heterocycles. The van der Waals surface area contributed by atoms with Gasteiger partial charge in [-0.3, -0.25) is 0 Å². The number of pyridine rings is 1. The molecular formula is C20H22N2O2Si. The lowest BCUT2D eigenvalue weighted by atomic mass is 10.00. The van der Waals surface area contributed by atoms with E-state index >= 15 is 0 Å². The lowest BCUT2D eigenvalue weighted by molar-refractivity contribution is -0.606. The maximum atomic E-state index is 12.3. The predicted molar refractivity (Wildman–Crippen MR) is 102 cm³/mol. The van der Waals surface area contributed by atoms with Gasteiger partial charge in [-0.05, 0) is 38.1 Å². The molecular weight excluding hydrogens is 328 g/mol. The van der Waals surface area contributed by atoms with Crippen LogP contribution in [0.15, 0.2) is 47.6 Å². The molecule has 128 valence electrons. The Morgan fingerprint density at radius 1 is 1.16 bits per heavy atom. The zero-order chi connectivity index (χ0) is 18.2. The van der Waals surface area contributed by atoms with Gasteiger partial charge in [0.25, 0.3) is 0 Å². The van der Waals surface area contributed by atoms with E-state index in [2.05, 4.69) is 36.1 Å². The Hall–Kier alpha value is -2.58. The van der Waals surface area contributed by atoms with E-state index in [0.717, 1.165) is 21.6 Å². The minimum Gasteiger partial charge on any atom is -0.618 e. The van der Waals surface area contributed by atoms with Crippen molar-refractivity contribution in [3.8, 4) is 17.2 Å². The van der Waals surface area contributed by atoms with Crippen molar-refractivity contribution in [2.75, 3.05) is 0 Å². The van der Waals surface area contributed by atoms with E-state index in [1.807, 2.05) is 38.1 Å². The summed E-state index contributed by atoms with van der Waals surface area (Å²) in [5.74, 6) is 3.98. The first kappa shape index (κ1) is 17.2. The Morgan fingerprint density at radius 2 is 1.92 bits per heavy atom. The minimum absolute atomic E-state index is 0.510. The van der Waals surface area contributed by atoms with Crippen LogP contribution in [0.5, 0.6) is 5.75 Å². The van der Waals surface area contributed by atoms with Gasteiger partial charge in [0, 0.05) is 17.7 Å². The summed E-state index contributed by atoms with van der Waals surface area (Å²) in [7, 11) is -1.47. The van der Waals surface area contributed by atoms with E-state index in [-0.39, 0.29) is 0 Å². The number of aromatic nitrogens is 1. The number of fused-ring (bicyclic) bond motifs is 1. The standard InChI is InChI=1S/C20H22N2O2Si/c1-20(2)21-19(17-8-6-7-12-22(17)23)16-14-15(9-10-18(16)24-20)11-13-25(3,4)5/h6-10,12,14H,1-5H3. The van der Waals surface area contributed by atoms with Gasteiger partial charge in [0.1, 0.15) is 19.5 Å². The first-order chi connectivity index (χ1) is 11.6. The molecule has 0 atom stereocenters. The van der Waals surface area contributed by atoms with Gasteiger partial charge < -0.3 is 9.94 Å². The molecule has 1 aliphatic rings. The van der Waals surface area contributed by atoms with Crippen molar-refractivity contribution in [3.63, 3.8) is 0 Å². The largest absolute Gasteiger partial charge is 0.618 e. The van der Waals surface area contributed by atoms with E-state index in [1.165, 1.54) is 6.20 Å². The number of nitrogens with zero attached hydrogens (tertiary/aromatic N) is 2. The quantitative estimate of drug-likeness (QED) is 0.342. The lowest BCUT2D eigenvalue weighted by Gasteiger charge is -2.29. The minimum atomic E-state index is -1.47. The fourth-order valence-corrected chi connectivity index (χ4v) is 3.09. The van der Waals surface area contributed by atoms with Crippen molar-refractivity contribution < 1.29 is 9.47 Å². The molecule has 0 bridgehead atoms. The summed E-state index contributed by atoms with van der Waals surface area (Å²) >= 11 is 0. The molecule has 2 aromatic rings. The molecule has 0 amide bonds. The van der Waals surface area contributed by atoms with Gasteiger partial charge >= 0.3 is 0 Å². The summed E-state index contributed by atoms with van der Waals surface area (Å²) in [5, 5.41) is 12.3. The highest BCUT2D eigenvalue weighted by molar-refractivity contribution is 6.83. The van der Waals surface area contributed by atoms with Crippen molar-refractivity contribution in [2.24, 2.45) is 4.99 Å². The van der Waals surface area contributed by atoms with Crippen LogP contribution in [0.3, 0.4) is 0 Å². The average molecular weight is 350 g/mol.